The van der Waals surface area contributed by atoms with Crippen molar-refractivity contribution < 1.29 is 9.47 Å². The van der Waals surface area contributed by atoms with Gasteiger partial charge in [0, 0.05) is 45.4 Å². The molecule has 0 aliphatic carbocycles. The second-order valence-corrected chi connectivity index (χ2v) is 9.30. The van der Waals surface area contributed by atoms with Crippen LogP contribution < -0.4 is 0 Å². The molecule has 4 nitrogen and oxygen atoms in total. The standard InChI is InChI=1S/C23H22Cl4N2O2/c24-16-5-4-15(20(26)11-16)10-22(19-7-6-17(25)12-21(19)27)31-23-3-1-2-18(30-23)13-29-9-8-28-14-29/h4-9,11-12,14,18,22-23H,1-3,10,13H2/t18-,22?,23+/m1/s1. The van der Waals surface area contributed by atoms with Crippen molar-refractivity contribution in [1.82, 2.24) is 9.55 Å². The fourth-order valence-corrected chi connectivity index (χ4v) is 4.81. The number of hydrogen-bond donors (Lipinski definition) is 0. The van der Waals surface area contributed by atoms with Gasteiger partial charge in [-0.3, -0.25) is 0 Å². The van der Waals surface area contributed by atoms with E-state index in [1.807, 2.05) is 35.0 Å². The van der Waals surface area contributed by atoms with Crippen molar-refractivity contribution in [2.24, 2.45) is 0 Å². The average molecular weight is 500 g/mol. The summed E-state index contributed by atoms with van der Waals surface area (Å²) in [4.78, 5) is 4.10. The number of imidazole rings is 1. The third-order valence-corrected chi connectivity index (χ3v) is 6.48. The molecule has 0 amide bonds. The Balaban J connectivity index is 1.53. The van der Waals surface area contributed by atoms with E-state index in [0.717, 1.165) is 36.9 Å². The molecule has 31 heavy (non-hydrogen) atoms. The van der Waals surface area contributed by atoms with E-state index in [1.54, 1.807) is 24.7 Å². The Bertz CT molecular complexity index is 1010. The van der Waals surface area contributed by atoms with E-state index in [0.29, 0.717) is 26.5 Å². The van der Waals surface area contributed by atoms with Crippen LogP contribution in [0, 0.1) is 0 Å². The Kier molecular flexibility index (Phi) is 7.81. The lowest BCUT2D eigenvalue weighted by molar-refractivity contribution is -0.218. The van der Waals surface area contributed by atoms with Crippen LogP contribution >= 0.6 is 46.4 Å². The normalized spacial score (nSPS) is 20.0. The van der Waals surface area contributed by atoms with Crippen LogP contribution in [0.5, 0.6) is 0 Å². The van der Waals surface area contributed by atoms with Gasteiger partial charge in [-0.15, -0.1) is 0 Å². The van der Waals surface area contributed by atoms with Crippen molar-refractivity contribution in [3.05, 3.63) is 86.3 Å². The summed E-state index contributed by atoms with van der Waals surface area (Å²) >= 11 is 25.1. The first kappa shape index (κ1) is 22.9. The largest absolute Gasteiger partial charge is 0.348 e. The summed E-state index contributed by atoms with van der Waals surface area (Å²) in [5, 5.41) is 2.31. The summed E-state index contributed by atoms with van der Waals surface area (Å²) in [5.74, 6) is 0. The summed E-state index contributed by atoms with van der Waals surface area (Å²) in [6.07, 6.45) is 8.23. The van der Waals surface area contributed by atoms with Gasteiger partial charge in [0.25, 0.3) is 0 Å². The summed E-state index contributed by atoms with van der Waals surface area (Å²) in [5.41, 5.74) is 1.77. The molecule has 164 valence electrons. The number of hydrogen-bond acceptors (Lipinski definition) is 3. The minimum Gasteiger partial charge on any atom is -0.348 e. The molecule has 1 aliphatic rings. The predicted molar refractivity (Wildman–Crippen MR) is 125 cm³/mol. The topological polar surface area (TPSA) is 36.3 Å². The molecule has 4 rings (SSSR count). The molecule has 3 atom stereocenters. The highest BCUT2D eigenvalue weighted by Gasteiger charge is 2.28. The third-order valence-electron chi connectivity index (χ3n) is 5.33. The maximum atomic E-state index is 6.53. The van der Waals surface area contributed by atoms with Crippen molar-refractivity contribution in [2.45, 2.75) is 50.7 Å². The van der Waals surface area contributed by atoms with Crippen LogP contribution in [0.1, 0.15) is 36.5 Å². The van der Waals surface area contributed by atoms with Crippen LogP contribution in [0.3, 0.4) is 0 Å². The first-order valence-corrected chi connectivity index (χ1v) is 11.6. The molecule has 8 heteroatoms. The molecule has 0 bridgehead atoms. The predicted octanol–water partition coefficient (Wildman–Crippen LogP) is 7.39. The fraction of sp³-hybridized carbons (Fsp3) is 0.348. The van der Waals surface area contributed by atoms with Crippen molar-refractivity contribution in [3.63, 3.8) is 0 Å². The Hall–Kier alpha value is -1.27. The van der Waals surface area contributed by atoms with E-state index in [1.165, 1.54) is 0 Å². The molecule has 0 radical (unpaired) electrons. The maximum absolute atomic E-state index is 6.53. The van der Waals surface area contributed by atoms with Crippen LogP contribution in [0.4, 0.5) is 0 Å². The van der Waals surface area contributed by atoms with Gasteiger partial charge in [-0.1, -0.05) is 58.5 Å². The zero-order valence-corrected chi connectivity index (χ0v) is 19.7. The molecular formula is C23H22Cl4N2O2. The van der Waals surface area contributed by atoms with Crippen molar-refractivity contribution in [1.29, 1.82) is 0 Å². The molecule has 2 heterocycles. The van der Waals surface area contributed by atoms with Crippen molar-refractivity contribution in [3.8, 4) is 0 Å². The molecule has 0 N–H and O–H groups in total. The lowest BCUT2D eigenvalue weighted by Gasteiger charge is -2.33. The maximum Gasteiger partial charge on any atom is 0.158 e. The van der Waals surface area contributed by atoms with Crippen molar-refractivity contribution >= 4 is 46.4 Å². The van der Waals surface area contributed by atoms with Crippen LogP contribution in [0.15, 0.2) is 55.1 Å². The van der Waals surface area contributed by atoms with Gasteiger partial charge in [0.15, 0.2) is 6.29 Å². The van der Waals surface area contributed by atoms with Gasteiger partial charge in [-0.25, -0.2) is 4.98 Å². The lowest BCUT2D eigenvalue weighted by atomic mass is 10.0. The lowest BCUT2D eigenvalue weighted by Crippen LogP contribution is -2.33. The highest BCUT2D eigenvalue weighted by atomic mass is 35.5. The zero-order valence-electron chi connectivity index (χ0n) is 16.7. The SMILES string of the molecule is Clc1ccc(CC(O[C@H]2CCC[C@H](Cn3ccnc3)O2)c2ccc(Cl)cc2Cl)c(Cl)c1. The van der Waals surface area contributed by atoms with Crippen LogP contribution in [-0.2, 0) is 22.4 Å². The van der Waals surface area contributed by atoms with Gasteiger partial charge in [0.05, 0.1) is 18.5 Å². The van der Waals surface area contributed by atoms with Gasteiger partial charge in [0.1, 0.15) is 0 Å². The number of benzene rings is 2. The second-order valence-electron chi connectivity index (χ2n) is 7.61. The van der Waals surface area contributed by atoms with E-state index in [-0.39, 0.29) is 18.5 Å². The Morgan fingerprint density at radius 1 is 1.03 bits per heavy atom. The van der Waals surface area contributed by atoms with Crippen LogP contribution in [0.25, 0.3) is 0 Å². The second kappa shape index (κ2) is 10.6. The third kappa shape index (κ3) is 6.16. The quantitative estimate of drug-likeness (QED) is 0.340. The summed E-state index contributed by atoms with van der Waals surface area (Å²) in [6.45, 7) is 0.745. The minimum atomic E-state index is -0.347. The summed E-state index contributed by atoms with van der Waals surface area (Å²) in [6, 6.07) is 10.9. The van der Waals surface area contributed by atoms with Crippen LogP contribution in [0.2, 0.25) is 20.1 Å². The summed E-state index contributed by atoms with van der Waals surface area (Å²) < 4.78 is 14.8. The molecule has 0 spiro atoms. The smallest absolute Gasteiger partial charge is 0.158 e. The van der Waals surface area contributed by atoms with Gasteiger partial charge >= 0.3 is 0 Å². The molecule has 1 aromatic heterocycles. The van der Waals surface area contributed by atoms with Gasteiger partial charge < -0.3 is 14.0 Å². The van der Waals surface area contributed by atoms with E-state index in [9.17, 15) is 0 Å². The van der Waals surface area contributed by atoms with Gasteiger partial charge in [-0.2, -0.15) is 0 Å². The highest BCUT2D eigenvalue weighted by molar-refractivity contribution is 6.35. The number of rotatable bonds is 7. The monoisotopic (exact) mass is 498 g/mol. The van der Waals surface area contributed by atoms with E-state index in [2.05, 4.69) is 4.98 Å². The van der Waals surface area contributed by atoms with Crippen molar-refractivity contribution in [2.75, 3.05) is 0 Å². The molecule has 1 unspecified atom stereocenters. The van der Waals surface area contributed by atoms with Gasteiger partial charge in [0.2, 0.25) is 0 Å². The Morgan fingerprint density at radius 2 is 1.81 bits per heavy atom. The highest BCUT2D eigenvalue weighted by Crippen LogP contribution is 2.35. The first-order chi connectivity index (χ1) is 15.0. The minimum absolute atomic E-state index is 0.0633. The molecule has 1 aliphatic heterocycles. The van der Waals surface area contributed by atoms with E-state index >= 15 is 0 Å². The average Bonchev–Trinajstić information content (AvgIpc) is 3.23. The van der Waals surface area contributed by atoms with Gasteiger partial charge in [-0.05, 0) is 54.7 Å². The first-order valence-electron chi connectivity index (χ1n) is 10.1. The molecule has 0 saturated carbocycles. The molecule has 1 fully saturated rings. The van der Waals surface area contributed by atoms with E-state index < -0.39 is 0 Å². The zero-order chi connectivity index (χ0) is 21.8. The Labute approximate surface area is 202 Å². The molecule has 2 aromatic carbocycles. The number of ether oxygens (including phenoxy) is 2. The van der Waals surface area contributed by atoms with E-state index in [4.69, 9.17) is 55.9 Å². The number of aromatic nitrogens is 2. The summed E-state index contributed by atoms with van der Waals surface area (Å²) in [7, 11) is 0. The number of halogens is 4. The fourth-order valence-electron chi connectivity index (χ4n) is 3.79. The number of nitrogens with zero attached hydrogens (tertiary/aromatic N) is 2. The molecular weight excluding hydrogens is 478 g/mol. The Morgan fingerprint density at radius 3 is 2.52 bits per heavy atom. The molecule has 3 aromatic rings. The molecule has 1 saturated heterocycles. The van der Waals surface area contributed by atoms with Crippen LogP contribution in [-0.4, -0.2) is 21.9 Å².